The molecule has 2 heterocycles. The zero-order valence-corrected chi connectivity index (χ0v) is 16.0. The molecule has 0 spiro atoms. The molecule has 1 saturated heterocycles. The minimum absolute atomic E-state index is 0.319. The first kappa shape index (κ1) is 16.6. The second-order valence-electron chi connectivity index (χ2n) is 8.86. The average molecular weight is 350 g/mol. The standard InChI is InChI=1S/C24H31NO/c1-2-13-24(26)15-17-8-7-10-19-22-12-5-6-14-25(22)16-20(23(17)19)18-9-3-4-11-21(18)24/h3,5-6,9,12,19,21,26H,2,4,7-8,10-11,13-16H2,1H3. The largest absolute Gasteiger partial charge is 0.389 e. The van der Waals surface area contributed by atoms with Gasteiger partial charge in [0, 0.05) is 30.6 Å². The van der Waals surface area contributed by atoms with Crippen molar-refractivity contribution in [1.29, 1.82) is 0 Å². The predicted octanol–water partition coefficient (Wildman–Crippen LogP) is 5.05. The lowest BCUT2D eigenvalue weighted by atomic mass is 9.71. The van der Waals surface area contributed by atoms with Crippen LogP contribution in [0.4, 0.5) is 0 Å². The highest BCUT2D eigenvalue weighted by molar-refractivity contribution is 5.55. The number of rotatable bonds is 2. The summed E-state index contributed by atoms with van der Waals surface area (Å²) in [6.07, 6.45) is 20.4. The molecule has 1 N–H and O–H groups in total. The number of fused-ring (bicyclic) bond motifs is 3. The molecule has 5 aliphatic rings. The normalized spacial score (nSPS) is 35.6. The molecule has 2 aliphatic heterocycles. The molecule has 0 saturated carbocycles. The van der Waals surface area contributed by atoms with Crippen LogP contribution in [0.1, 0.15) is 58.3 Å². The zero-order valence-electron chi connectivity index (χ0n) is 16.0. The summed E-state index contributed by atoms with van der Waals surface area (Å²) in [5.41, 5.74) is 7.24. The molecule has 3 atom stereocenters. The number of allylic oxidation sites excluding steroid dienone is 5. The van der Waals surface area contributed by atoms with E-state index in [0.717, 1.165) is 45.2 Å². The number of nitrogens with zero attached hydrogens (tertiary/aromatic N) is 1. The summed E-state index contributed by atoms with van der Waals surface area (Å²) in [6.45, 7) is 4.29. The lowest BCUT2D eigenvalue weighted by molar-refractivity contribution is -0.0157. The molecule has 0 amide bonds. The van der Waals surface area contributed by atoms with Gasteiger partial charge in [-0.3, -0.25) is 0 Å². The Hall–Kier alpha value is -1.54. The molecular formula is C24H31NO. The van der Waals surface area contributed by atoms with Crippen LogP contribution in [0.3, 0.4) is 0 Å². The van der Waals surface area contributed by atoms with Crippen molar-refractivity contribution >= 4 is 0 Å². The minimum atomic E-state index is -0.545. The second-order valence-corrected chi connectivity index (χ2v) is 8.86. The first-order valence-electron chi connectivity index (χ1n) is 10.7. The van der Waals surface area contributed by atoms with Crippen LogP contribution in [-0.4, -0.2) is 28.7 Å². The van der Waals surface area contributed by atoms with E-state index in [2.05, 4.69) is 42.2 Å². The van der Waals surface area contributed by atoms with Crippen LogP contribution in [-0.2, 0) is 0 Å². The molecule has 3 unspecified atom stereocenters. The van der Waals surface area contributed by atoms with Crippen LogP contribution < -0.4 is 0 Å². The van der Waals surface area contributed by atoms with Crippen molar-refractivity contribution in [3.63, 3.8) is 0 Å². The summed E-state index contributed by atoms with van der Waals surface area (Å²) in [4.78, 5) is 2.59. The molecule has 1 fully saturated rings. The number of aliphatic hydroxyl groups is 1. The third-order valence-electron chi connectivity index (χ3n) is 7.32. The highest BCUT2D eigenvalue weighted by atomic mass is 16.3. The third kappa shape index (κ3) is 2.41. The van der Waals surface area contributed by atoms with Crippen LogP contribution in [0, 0.1) is 11.8 Å². The maximum Gasteiger partial charge on any atom is 0.0753 e. The van der Waals surface area contributed by atoms with E-state index in [0.29, 0.717) is 11.8 Å². The van der Waals surface area contributed by atoms with Gasteiger partial charge in [-0.15, -0.1) is 0 Å². The molecular weight excluding hydrogens is 318 g/mol. The van der Waals surface area contributed by atoms with Crippen LogP contribution in [0.2, 0.25) is 0 Å². The maximum absolute atomic E-state index is 11.8. The fourth-order valence-electron chi connectivity index (χ4n) is 6.33. The SMILES string of the molecule is CCCC1(O)CC2=C3C(=C4C=CCCC41)CN1CC=CC=C1C3CCC2. The molecule has 0 aromatic carbocycles. The molecule has 3 aliphatic carbocycles. The fourth-order valence-corrected chi connectivity index (χ4v) is 6.33. The summed E-state index contributed by atoms with van der Waals surface area (Å²) in [5, 5.41) is 11.8. The van der Waals surface area contributed by atoms with Crippen LogP contribution >= 0.6 is 0 Å². The van der Waals surface area contributed by atoms with E-state index in [-0.39, 0.29) is 0 Å². The van der Waals surface area contributed by atoms with Gasteiger partial charge in [-0.05, 0) is 67.7 Å². The van der Waals surface area contributed by atoms with Crippen molar-refractivity contribution in [2.45, 2.75) is 63.9 Å². The summed E-state index contributed by atoms with van der Waals surface area (Å²) in [7, 11) is 0. The number of hydrogen-bond acceptors (Lipinski definition) is 2. The van der Waals surface area contributed by atoms with Gasteiger partial charge in [-0.2, -0.15) is 0 Å². The Morgan fingerprint density at radius 2 is 2.19 bits per heavy atom. The van der Waals surface area contributed by atoms with Crippen molar-refractivity contribution < 1.29 is 5.11 Å². The topological polar surface area (TPSA) is 23.5 Å². The van der Waals surface area contributed by atoms with E-state index in [1.54, 1.807) is 16.7 Å². The van der Waals surface area contributed by atoms with Crippen molar-refractivity contribution in [2.75, 3.05) is 13.1 Å². The van der Waals surface area contributed by atoms with E-state index in [4.69, 9.17) is 0 Å². The summed E-state index contributed by atoms with van der Waals surface area (Å²) >= 11 is 0. The Morgan fingerprint density at radius 1 is 1.27 bits per heavy atom. The van der Waals surface area contributed by atoms with Gasteiger partial charge in [-0.25, -0.2) is 0 Å². The van der Waals surface area contributed by atoms with Crippen LogP contribution in [0.25, 0.3) is 0 Å². The summed E-state index contributed by atoms with van der Waals surface area (Å²) in [5.74, 6) is 0.875. The van der Waals surface area contributed by atoms with Gasteiger partial charge in [0.1, 0.15) is 0 Å². The third-order valence-corrected chi connectivity index (χ3v) is 7.32. The van der Waals surface area contributed by atoms with Crippen LogP contribution in [0.5, 0.6) is 0 Å². The van der Waals surface area contributed by atoms with Crippen molar-refractivity contribution in [1.82, 2.24) is 4.90 Å². The van der Waals surface area contributed by atoms with E-state index in [1.807, 2.05) is 0 Å². The molecule has 5 rings (SSSR count). The lowest BCUT2D eigenvalue weighted by Crippen LogP contribution is -2.40. The number of piperidine rings is 1. The monoisotopic (exact) mass is 349 g/mol. The molecule has 2 nitrogen and oxygen atoms in total. The quantitative estimate of drug-likeness (QED) is 0.754. The highest BCUT2D eigenvalue weighted by Gasteiger charge is 2.46. The van der Waals surface area contributed by atoms with E-state index in [9.17, 15) is 5.11 Å². The molecule has 0 aromatic heterocycles. The highest BCUT2D eigenvalue weighted by Crippen LogP contribution is 2.53. The maximum atomic E-state index is 11.8. The van der Waals surface area contributed by atoms with E-state index < -0.39 is 5.60 Å². The Balaban J connectivity index is 1.72. The average Bonchev–Trinajstić information content (AvgIpc) is 2.77. The van der Waals surface area contributed by atoms with Gasteiger partial charge in [-0.1, -0.05) is 43.2 Å². The fraction of sp³-hybridized carbons (Fsp3) is 0.583. The summed E-state index contributed by atoms with van der Waals surface area (Å²) in [6, 6.07) is 0. The number of hydrogen-bond donors (Lipinski definition) is 1. The molecule has 26 heavy (non-hydrogen) atoms. The van der Waals surface area contributed by atoms with Crippen molar-refractivity contribution in [2.24, 2.45) is 11.8 Å². The molecule has 0 bridgehead atoms. The van der Waals surface area contributed by atoms with Crippen LogP contribution in [0.15, 0.2) is 58.4 Å². The first-order chi connectivity index (χ1) is 12.7. The second kappa shape index (κ2) is 6.27. The first-order valence-corrected chi connectivity index (χ1v) is 10.7. The Labute approximate surface area is 157 Å². The predicted molar refractivity (Wildman–Crippen MR) is 107 cm³/mol. The minimum Gasteiger partial charge on any atom is -0.389 e. The summed E-state index contributed by atoms with van der Waals surface area (Å²) < 4.78 is 0. The molecule has 0 aromatic rings. The zero-order chi connectivity index (χ0) is 17.7. The van der Waals surface area contributed by atoms with E-state index in [1.165, 1.54) is 30.5 Å². The van der Waals surface area contributed by atoms with Gasteiger partial charge < -0.3 is 10.0 Å². The van der Waals surface area contributed by atoms with Crippen molar-refractivity contribution in [3.05, 3.63) is 58.4 Å². The Kier molecular flexibility index (Phi) is 4.01. The molecule has 0 radical (unpaired) electrons. The van der Waals surface area contributed by atoms with Crippen molar-refractivity contribution in [3.8, 4) is 0 Å². The van der Waals surface area contributed by atoms with E-state index >= 15 is 0 Å². The Bertz CT molecular complexity index is 765. The van der Waals surface area contributed by atoms with Gasteiger partial charge in [0.05, 0.1) is 5.60 Å². The smallest absolute Gasteiger partial charge is 0.0753 e. The lowest BCUT2D eigenvalue weighted by Gasteiger charge is -2.44. The molecule has 2 heteroatoms. The van der Waals surface area contributed by atoms with Gasteiger partial charge in [0.25, 0.3) is 0 Å². The van der Waals surface area contributed by atoms with Gasteiger partial charge >= 0.3 is 0 Å². The molecule has 138 valence electrons. The Morgan fingerprint density at radius 3 is 3.08 bits per heavy atom. The van der Waals surface area contributed by atoms with Gasteiger partial charge in [0.15, 0.2) is 0 Å². The van der Waals surface area contributed by atoms with Gasteiger partial charge in [0.2, 0.25) is 0 Å².